The van der Waals surface area contributed by atoms with Crippen molar-refractivity contribution in [2.45, 2.75) is 39.2 Å². The number of rotatable bonds is 7. The molecule has 0 spiro atoms. The van der Waals surface area contributed by atoms with Crippen LogP contribution in [0.5, 0.6) is 28.9 Å². The molecule has 3 heterocycles. The van der Waals surface area contributed by atoms with E-state index in [0.717, 1.165) is 11.3 Å². The zero-order chi connectivity index (χ0) is 28.0. The average Bonchev–Trinajstić information content (AvgIpc) is 3.37. The highest BCUT2D eigenvalue weighted by atomic mass is 16.5. The first-order valence-corrected chi connectivity index (χ1v) is 13.0. The number of ketones is 1. The topological polar surface area (TPSA) is 106 Å². The fraction of sp³-hybridized carbons (Fsp3) is 0.333. The van der Waals surface area contributed by atoms with E-state index in [1.54, 1.807) is 32.2 Å². The Bertz CT molecular complexity index is 1640. The number of aromatic nitrogens is 4. The third-order valence-corrected chi connectivity index (χ3v) is 7.28. The third kappa shape index (κ3) is 4.49. The molecule has 0 unspecified atom stereocenters. The lowest BCUT2D eigenvalue weighted by atomic mass is 9.70. The second-order valence-corrected chi connectivity index (χ2v) is 10.7. The molecule has 10 nitrogen and oxygen atoms in total. The van der Waals surface area contributed by atoms with Crippen LogP contribution < -0.4 is 23.7 Å². The summed E-state index contributed by atoms with van der Waals surface area (Å²) in [6, 6.07) is 13.0. The van der Waals surface area contributed by atoms with Crippen molar-refractivity contribution < 1.29 is 28.5 Å². The van der Waals surface area contributed by atoms with Crippen LogP contribution in [0, 0.1) is 5.41 Å². The zero-order valence-corrected chi connectivity index (χ0v) is 23.1. The van der Waals surface area contributed by atoms with E-state index >= 15 is 0 Å². The summed E-state index contributed by atoms with van der Waals surface area (Å²) in [6.45, 7) is 4.29. The number of hydrogen-bond acceptors (Lipinski definition) is 9. The molecule has 40 heavy (non-hydrogen) atoms. The maximum absolute atomic E-state index is 13.7. The van der Waals surface area contributed by atoms with Gasteiger partial charge in [0.05, 0.1) is 32.8 Å². The zero-order valence-electron chi connectivity index (χ0n) is 23.1. The Labute approximate surface area is 231 Å². The Morgan fingerprint density at radius 3 is 2.45 bits per heavy atom. The van der Waals surface area contributed by atoms with Crippen molar-refractivity contribution in [2.75, 3.05) is 21.3 Å². The van der Waals surface area contributed by atoms with Gasteiger partial charge in [-0.25, -0.2) is 14.5 Å². The lowest BCUT2D eigenvalue weighted by molar-refractivity contribution is -0.118. The predicted molar refractivity (Wildman–Crippen MR) is 145 cm³/mol. The molecule has 0 bridgehead atoms. The van der Waals surface area contributed by atoms with E-state index < -0.39 is 5.92 Å². The van der Waals surface area contributed by atoms with Gasteiger partial charge in [-0.05, 0) is 47.4 Å². The van der Waals surface area contributed by atoms with Crippen LogP contribution in [0.2, 0.25) is 0 Å². The molecule has 1 aliphatic heterocycles. The van der Waals surface area contributed by atoms with E-state index in [4.69, 9.17) is 28.7 Å². The monoisotopic (exact) mass is 542 g/mol. The first-order valence-electron chi connectivity index (χ1n) is 13.0. The summed E-state index contributed by atoms with van der Waals surface area (Å²) in [5.41, 5.74) is 2.46. The number of benzene rings is 2. The maximum Gasteiger partial charge on any atom is 0.228 e. The molecular weight excluding hydrogens is 512 g/mol. The SMILES string of the molecule is COc1ccc(OCc2nc3c4c(ncn3n2)OC2=C(C(=O)CC(C)(C)C2)[C@@H]4c2ccc(OC)c(OC)c2)cc1. The Morgan fingerprint density at radius 2 is 1.73 bits per heavy atom. The van der Waals surface area contributed by atoms with E-state index in [-0.39, 0.29) is 17.8 Å². The standard InChI is InChI=1S/C30H30N4O6/c1-30(2)13-20(35)26-23(14-30)40-29-27(25(26)17-6-11-21(37-4)22(12-17)38-5)28-32-24(33-34(28)16-31-29)15-39-19-9-7-18(36-3)8-10-19/h6-12,16,25H,13-15H2,1-5H3/t25-/m0/s1. The molecule has 206 valence electrons. The van der Waals surface area contributed by atoms with Gasteiger partial charge in [-0.3, -0.25) is 4.79 Å². The highest BCUT2D eigenvalue weighted by Crippen LogP contribution is 2.51. The molecule has 10 heteroatoms. The number of nitrogens with zero attached hydrogens (tertiary/aromatic N) is 4. The number of fused-ring (bicyclic) bond motifs is 3. The van der Waals surface area contributed by atoms with Crippen LogP contribution >= 0.6 is 0 Å². The van der Waals surface area contributed by atoms with Crippen molar-refractivity contribution in [1.29, 1.82) is 0 Å². The van der Waals surface area contributed by atoms with Crippen LogP contribution in [-0.2, 0) is 11.4 Å². The van der Waals surface area contributed by atoms with Crippen molar-refractivity contribution in [3.63, 3.8) is 0 Å². The molecule has 0 radical (unpaired) electrons. The van der Waals surface area contributed by atoms with Crippen LogP contribution in [-0.4, -0.2) is 46.7 Å². The lowest BCUT2D eigenvalue weighted by Crippen LogP contribution is -2.33. The first kappa shape index (κ1) is 25.7. The van der Waals surface area contributed by atoms with Gasteiger partial charge in [0, 0.05) is 18.4 Å². The summed E-state index contributed by atoms with van der Waals surface area (Å²) in [5.74, 6) is 3.66. The molecule has 0 saturated carbocycles. The smallest absolute Gasteiger partial charge is 0.228 e. The fourth-order valence-corrected chi connectivity index (χ4v) is 5.44. The largest absolute Gasteiger partial charge is 0.497 e. The predicted octanol–water partition coefficient (Wildman–Crippen LogP) is 4.90. The van der Waals surface area contributed by atoms with Crippen molar-refractivity contribution in [2.24, 2.45) is 5.41 Å². The molecule has 0 amide bonds. The second kappa shape index (κ2) is 9.86. The molecule has 1 aliphatic carbocycles. The van der Waals surface area contributed by atoms with Gasteiger partial charge in [0.15, 0.2) is 28.8 Å². The van der Waals surface area contributed by atoms with Gasteiger partial charge in [-0.1, -0.05) is 19.9 Å². The summed E-state index contributed by atoms with van der Waals surface area (Å²) in [6.07, 6.45) is 2.61. The summed E-state index contributed by atoms with van der Waals surface area (Å²) in [5, 5.41) is 4.60. The Balaban J connectivity index is 1.45. The number of methoxy groups -OCH3 is 3. The van der Waals surface area contributed by atoms with E-state index in [0.29, 0.717) is 64.3 Å². The number of Topliss-reactive ketones (excluding diaryl/α,β-unsaturated/α-hetero) is 1. The van der Waals surface area contributed by atoms with Crippen LogP contribution in [0.25, 0.3) is 5.65 Å². The van der Waals surface area contributed by atoms with Crippen LogP contribution in [0.3, 0.4) is 0 Å². The number of carbonyl (C=O) groups excluding carboxylic acids is 1. The summed E-state index contributed by atoms with van der Waals surface area (Å²) >= 11 is 0. The number of allylic oxidation sites excluding steroid dienone is 2. The Hall–Kier alpha value is -4.60. The van der Waals surface area contributed by atoms with Crippen molar-refractivity contribution in [3.8, 4) is 28.9 Å². The minimum Gasteiger partial charge on any atom is -0.497 e. The molecule has 0 fully saturated rings. The molecule has 6 rings (SSSR count). The fourth-order valence-electron chi connectivity index (χ4n) is 5.44. The van der Waals surface area contributed by atoms with Gasteiger partial charge in [0.1, 0.15) is 30.2 Å². The number of hydrogen-bond donors (Lipinski definition) is 0. The molecular formula is C30H30N4O6. The molecule has 0 N–H and O–H groups in total. The van der Waals surface area contributed by atoms with Gasteiger partial charge >= 0.3 is 0 Å². The van der Waals surface area contributed by atoms with Crippen LogP contribution in [0.15, 0.2) is 60.1 Å². The molecule has 0 saturated heterocycles. The van der Waals surface area contributed by atoms with Gasteiger partial charge in [-0.2, -0.15) is 0 Å². The maximum atomic E-state index is 13.7. The number of ether oxygens (including phenoxy) is 5. The van der Waals surface area contributed by atoms with E-state index in [1.807, 2.05) is 42.5 Å². The van der Waals surface area contributed by atoms with E-state index in [1.165, 1.54) is 0 Å². The highest BCUT2D eigenvalue weighted by Gasteiger charge is 2.44. The highest BCUT2D eigenvalue weighted by molar-refractivity contribution is 6.00. The first-order chi connectivity index (χ1) is 19.3. The van der Waals surface area contributed by atoms with Crippen LogP contribution in [0.4, 0.5) is 0 Å². The second-order valence-electron chi connectivity index (χ2n) is 10.7. The van der Waals surface area contributed by atoms with E-state index in [2.05, 4.69) is 23.9 Å². The lowest BCUT2D eigenvalue weighted by Gasteiger charge is -2.37. The minimum atomic E-state index is -0.474. The minimum absolute atomic E-state index is 0.0428. The van der Waals surface area contributed by atoms with Gasteiger partial charge in [-0.15, -0.1) is 5.10 Å². The molecule has 2 aliphatic rings. The van der Waals surface area contributed by atoms with Crippen molar-refractivity contribution >= 4 is 11.4 Å². The van der Waals surface area contributed by atoms with E-state index in [9.17, 15) is 4.79 Å². The molecule has 2 aromatic heterocycles. The van der Waals surface area contributed by atoms with Crippen LogP contribution in [0.1, 0.15) is 49.6 Å². The summed E-state index contributed by atoms with van der Waals surface area (Å²) in [4.78, 5) is 23.1. The molecule has 4 aromatic rings. The number of carbonyl (C=O) groups is 1. The Morgan fingerprint density at radius 1 is 0.975 bits per heavy atom. The summed E-state index contributed by atoms with van der Waals surface area (Å²) in [7, 11) is 4.80. The van der Waals surface area contributed by atoms with Crippen molar-refractivity contribution in [1.82, 2.24) is 19.6 Å². The summed E-state index contributed by atoms with van der Waals surface area (Å²) < 4.78 is 30.1. The van der Waals surface area contributed by atoms with Crippen molar-refractivity contribution in [3.05, 3.63) is 77.1 Å². The average molecular weight is 543 g/mol. The normalized spacial score (nSPS) is 17.6. The van der Waals surface area contributed by atoms with Gasteiger partial charge in [0.25, 0.3) is 0 Å². The quantitative estimate of drug-likeness (QED) is 0.322. The third-order valence-electron chi connectivity index (χ3n) is 7.28. The Kier molecular flexibility index (Phi) is 6.32. The molecule has 1 atom stereocenters. The van der Waals surface area contributed by atoms with Gasteiger partial charge in [0.2, 0.25) is 5.88 Å². The molecule has 2 aromatic carbocycles. The van der Waals surface area contributed by atoms with Gasteiger partial charge < -0.3 is 23.7 Å².